The van der Waals surface area contributed by atoms with E-state index in [9.17, 15) is 0 Å². The van der Waals surface area contributed by atoms with Crippen LogP contribution < -0.4 is 0 Å². The summed E-state index contributed by atoms with van der Waals surface area (Å²) in [6, 6.07) is 0. The Bertz CT molecular complexity index is 895. The molecule has 0 radical (unpaired) electrons. The Balaban J connectivity index is 1.07. The van der Waals surface area contributed by atoms with Gasteiger partial charge in [-0.3, -0.25) is 0 Å². The molecule has 2 spiro atoms. The van der Waals surface area contributed by atoms with E-state index in [2.05, 4.69) is 41.5 Å². The summed E-state index contributed by atoms with van der Waals surface area (Å²) in [5.41, 5.74) is 3.96. The lowest BCUT2D eigenvalue weighted by Crippen LogP contribution is -2.55. The molecule has 0 aromatic heterocycles. The van der Waals surface area contributed by atoms with Gasteiger partial charge in [-0.25, -0.2) is 0 Å². The number of hydrogen-bond donors (Lipinski definition) is 0. The minimum absolute atomic E-state index is 0.586. The van der Waals surface area contributed by atoms with Crippen LogP contribution >= 0.6 is 0 Å². The molecule has 8 aliphatic rings. The first-order valence-corrected chi connectivity index (χ1v) is 17.9. The zero-order valence-electron chi connectivity index (χ0n) is 26.3. The molecule has 0 amide bonds. The van der Waals surface area contributed by atoms with Gasteiger partial charge in [0.05, 0.1) is 0 Å². The molecule has 12 unspecified atom stereocenters. The van der Waals surface area contributed by atoms with E-state index in [0.29, 0.717) is 21.7 Å². The van der Waals surface area contributed by atoms with Gasteiger partial charge in [-0.15, -0.1) is 0 Å². The minimum Gasteiger partial charge on any atom is -0.0596 e. The van der Waals surface area contributed by atoms with Gasteiger partial charge in [0, 0.05) is 0 Å². The highest BCUT2D eigenvalue weighted by Gasteiger charge is 2.68. The van der Waals surface area contributed by atoms with Gasteiger partial charge in [0.15, 0.2) is 0 Å². The molecule has 0 heterocycles. The molecule has 12 atom stereocenters. The lowest BCUT2D eigenvalue weighted by atomic mass is 9.41. The van der Waals surface area contributed by atoms with Crippen molar-refractivity contribution in [3.8, 4) is 0 Å². The molecular weight excluding hydrogens is 456 g/mol. The summed E-state index contributed by atoms with van der Waals surface area (Å²) >= 11 is 0. The third-order valence-electron chi connectivity index (χ3n) is 17.5. The van der Waals surface area contributed by atoms with Gasteiger partial charge in [-0.1, -0.05) is 54.4 Å². The number of hydrogen-bond acceptors (Lipinski definition) is 0. The predicted octanol–water partition coefficient (Wildman–Crippen LogP) is 11.1. The lowest BCUT2D eigenvalue weighted by molar-refractivity contribution is -0.145. The first-order valence-electron chi connectivity index (χ1n) is 17.9. The second kappa shape index (κ2) is 7.88. The summed E-state index contributed by atoms with van der Waals surface area (Å²) in [6.07, 6.45) is 28.5. The van der Waals surface area contributed by atoms with Crippen LogP contribution in [0, 0.1) is 79.8 Å². The maximum atomic E-state index is 2.81. The molecule has 0 aromatic carbocycles. The minimum atomic E-state index is 0.586. The fourth-order valence-electron chi connectivity index (χ4n) is 16.6. The monoisotopic (exact) mass is 518 g/mol. The fourth-order valence-corrected chi connectivity index (χ4v) is 16.6. The molecule has 38 heavy (non-hydrogen) atoms. The Morgan fingerprint density at radius 2 is 0.816 bits per heavy atom. The van der Waals surface area contributed by atoms with Gasteiger partial charge >= 0.3 is 0 Å². The van der Waals surface area contributed by atoms with Crippen molar-refractivity contribution in [2.24, 2.45) is 79.8 Å². The van der Waals surface area contributed by atoms with E-state index in [1.165, 1.54) is 25.7 Å². The van der Waals surface area contributed by atoms with Gasteiger partial charge in [0.1, 0.15) is 0 Å². The topological polar surface area (TPSA) is 0 Å². The first-order chi connectivity index (χ1) is 17.9. The SMILES string of the molecule is CC1(C)CCCC2(C)C1CCC13CC(CCC12)C(C1CC24CCC5C(C)(C)CCCC5(C)C2CCC1C4)C3. The van der Waals surface area contributed by atoms with Crippen LogP contribution in [0.5, 0.6) is 0 Å². The quantitative estimate of drug-likeness (QED) is 0.324. The third-order valence-corrected chi connectivity index (χ3v) is 17.5. The van der Waals surface area contributed by atoms with E-state index in [1.54, 1.807) is 89.9 Å². The summed E-state index contributed by atoms with van der Waals surface area (Å²) in [4.78, 5) is 0. The highest BCUT2D eigenvalue weighted by atomic mass is 14.7. The molecule has 4 bridgehead atoms. The Morgan fingerprint density at radius 3 is 1.24 bits per heavy atom. The van der Waals surface area contributed by atoms with Crippen molar-refractivity contribution < 1.29 is 0 Å². The largest absolute Gasteiger partial charge is 0.0596 e. The summed E-state index contributed by atoms with van der Waals surface area (Å²) in [5, 5.41) is 0. The van der Waals surface area contributed by atoms with Crippen molar-refractivity contribution in [2.45, 2.75) is 157 Å². The highest BCUT2D eigenvalue weighted by Crippen LogP contribution is 2.77. The Labute approximate surface area is 236 Å². The van der Waals surface area contributed by atoms with Gasteiger partial charge in [-0.05, 0) is 183 Å². The second-order valence-electron chi connectivity index (χ2n) is 19.5. The summed E-state index contributed by atoms with van der Waals surface area (Å²) in [6.45, 7) is 16.2. The molecule has 8 rings (SSSR count). The van der Waals surface area contributed by atoms with Crippen molar-refractivity contribution >= 4 is 0 Å². The average molecular weight is 519 g/mol. The van der Waals surface area contributed by atoms with E-state index in [0.717, 1.165) is 58.2 Å². The maximum Gasteiger partial charge on any atom is -0.0258 e. The van der Waals surface area contributed by atoms with Crippen LogP contribution in [-0.2, 0) is 0 Å². The van der Waals surface area contributed by atoms with Crippen molar-refractivity contribution in [2.75, 3.05) is 0 Å². The summed E-state index contributed by atoms with van der Waals surface area (Å²) in [5.74, 6) is 8.51. The normalized spacial score (nSPS) is 59.8. The van der Waals surface area contributed by atoms with E-state index in [4.69, 9.17) is 0 Å². The second-order valence-corrected chi connectivity index (χ2v) is 19.5. The van der Waals surface area contributed by atoms with E-state index < -0.39 is 0 Å². The molecule has 0 aromatic rings. The highest BCUT2D eigenvalue weighted by molar-refractivity contribution is 5.18. The fraction of sp³-hybridized carbons (Fsp3) is 1.00. The number of fused-ring (bicyclic) bond motifs is 6. The molecule has 0 saturated heterocycles. The molecule has 0 N–H and O–H groups in total. The van der Waals surface area contributed by atoms with Crippen LogP contribution in [0.15, 0.2) is 0 Å². The first kappa shape index (κ1) is 25.7. The van der Waals surface area contributed by atoms with Crippen LogP contribution in [0.25, 0.3) is 0 Å². The predicted molar refractivity (Wildman–Crippen MR) is 160 cm³/mol. The maximum absolute atomic E-state index is 2.81. The molecule has 8 fully saturated rings. The molecule has 0 nitrogen and oxygen atoms in total. The Morgan fingerprint density at radius 1 is 0.395 bits per heavy atom. The zero-order valence-corrected chi connectivity index (χ0v) is 26.3. The van der Waals surface area contributed by atoms with Crippen LogP contribution in [0.1, 0.15) is 157 Å². The molecular formula is C38H62. The third kappa shape index (κ3) is 3.17. The molecule has 0 aliphatic heterocycles. The van der Waals surface area contributed by atoms with E-state index in [-0.39, 0.29) is 0 Å². The smallest absolute Gasteiger partial charge is 0.0258 e. The van der Waals surface area contributed by atoms with Gasteiger partial charge in [0.2, 0.25) is 0 Å². The van der Waals surface area contributed by atoms with Crippen molar-refractivity contribution in [3.63, 3.8) is 0 Å². The van der Waals surface area contributed by atoms with Crippen molar-refractivity contribution in [1.82, 2.24) is 0 Å². The lowest BCUT2D eigenvalue weighted by Gasteiger charge is -2.64. The molecule has 8 saturated carbocycles. The van der Waals surface area contributed by atoms with Crippen molar-refractivity contribution in [1.29, 1.82) is 0 Å². The van der Waals surface area contributed by atoms with E-state index >= 15 is 0 Å². The van der Waals surface area contributed by atoms with Crippen LogP contribution in [0.3, 0.4) is 0 Å². The van der Waals surface area contributed by atoms with Gasteiger partial charge < -0.3 is 0 Å². The van der Waals surface area contributed by atoms with Crippen LogP contribution in [0.2, 0.25) is 0 Å². The zero-order chi connectivity index (χ0) is 26.3. The van der Waals surface area contributed by atoms with Gasteiger partial charge in [0.25, 0.3) is 0 Å². The number of rotatable bonds is 1. The standard InChI is InChI=1S/C38H62/c1-33(2)15-7-17-35(5)29(33)13-19-37-21-25(9-11-31(35)37)27(23-37)28-24-38-20-14-30-34(3,4)16-8-18-36(30,6)32(38)12-10-26(28)22-38/h25-32H,7-24H2,1-6H3. The summed E-state index contributed by atoms with van der Waals surface area (Å²) < 4.78 is 0. The van der Waals surface area contributed by atoms with E-state index in [1.807, 2.05) is 0 Å². The summed E-state index contributed by atoms with van der Waals surface area (Å²) in [7, 11) is 0. The molecule has 214 valence electrons. The van der Waals surface area contributed by atoms with Crippen molar-refractivity contribution in [3.05, 3.63) is 0 Å². The Hall–Kier alpha value is 0. The molecule has 0 heteroatoms. The average Bonchev–Trinajstić information content (AvgIpc) is 3.26. The Kier molecular flexibility index (Phi) is 5.33. The van der Waals surface area contributed by atoms with Crippen LogP contribution in [-0.4, -0.2) is 0 Å². The van der Waals surface area contributed by atoms with Crippen LogP contribution in [0.4, 0.5) is 0 Å². The molecule has 8 aliphatic carbocycles. The van der Waals surface area contributed by atoms with Gasteiger partial charge in [-0.2, -0.15) is 0 Å².